The van der Waals surface area contributed by atoms with Gasteiger partial charge < -0.3 is 14.5 Å². The number of carbonyl (C=O) groups excluding carboxylic acids is 2. The molecule has 2 aliphatic heterocycles. The Morgan fingerprint density at radius 3 is 2.21 bits per heavy atom. The van der Waals surface area contributed by atoms with Crippen LogP contribution in [0.5, 0.6) is 0 Å². The van der Waals surface area contributed by atoms with Gasteiger partial charge >= 0.3 is 0 Å². The average Bonchev–Trinajstić information content (AvgIpc) is 3.16. The summed E-state index contributed by atoms with van der Waals surface area (Å²) in [6.07, 6.45) is 3.82. The molecule has 0 aromatic heterocycles. The van der Waals surface area contributed by atoms with Gasteiger partial charge in [-0.2, -0.15) is 0 Å². The van der Waals surface area contributed by atoms with Crippen LogP contribution in [0.1, 0.15) is 41.6 Å². The second-order valence-electron chi connectivity index (χ2n) is 6.73. The number of benzene rings is 1. The van der Waals surface area contributed by atoms with Crippen LogP contribution in [0.3, 0.4) is 0 Å². The Bertz CT molecular complexity index is 571. The van der Waals surface area contributed by atoms with Crippen LogP contribution in [0.25, 0.3) is 0 Å². The largest absolute Gasteiger partial charge is 0.380 e. The topological polar surface area (TPSA) is 49.9 Å². The van der Waals surface area contributed by atoms with Gasteiger partial charge in [0.1, 0.15) is 0 Å². The molecule has 0 N–H and O–H groups in total. The Hall–Kier alpha value is -1.88. The second kappa shape index (κ2) is 7.79. The fraction of sp³-hybridized carbons (Fsp3) is 0.579. The maximum atomic E-state index is 12.6. The number of carbonyl (C=O) groups is 2. The molecular weight excluding hydrogens is 304 g/mol. The van der Waals surface area contributed by atoms with Crippen LogP contribution in [0.4, 0.5) is 0 Å². The summed E-state index contributed by atoms with van der Waals surface area (Å²) < 4.78 is 5.09. The molecule has 2 amide bonds. The van der Waals surface area contributed by atoms with Gasteiger partial charge in [0.25, 0.3) is 5.91 Å². The molecule has 5 nitrogen and oxygen atoms in total. The van der Waals surface area contributed by atoms with Crippen molar-refractivity contribution < 1.29 is 14.3 Å². The van der Waals surface area contributed by atoms with E-state index in [1.165, 1.54) is 0 Å². The summed E-state index contributed by atoms with van der Waals surface area (Å²) in [6, 6.07) is 7.58. The highest BCUT2D eigenvalue weighted by Crippen LogP contribution is 2.23. The van der Waals surface area contributed by atoms with Gasteiger partial charge in [0.05, 0.1) is 6.61 Å². The lowest BCUT2D eigenvalue weighted by Gasteiger charge is -2.33. The molecule has 3 rings (SSSR count). The summed E-state index contributed by atoms with van der Waals surface area (Å²) >= 11 is 0. The molecule has 24 heavy (non-hydrogen) atoms. The van der Waals surface area contributed by atoms with Crippen LogP contribution in [0.15, 0.2) is 24.3 Å². The number of piperidine rings is 1. The molecule has 2 saturated heterocycles. The van der Waals surface area contributed by atoms with Gasteiger partial charge in [0.2, 0.25) is 5.91 Å². The van der Waals surface area contributed by atoms with Gasteiger partial charge in [-0.1, -0.05) is 12.1 Å². The number of hydrogen-bond donors (Lipinski definition) is 0. The monoisotopic (exact) mass is 330 g/mol. The third-order valence-electron chi connectivity index (χ3n) is 5.06. The second-order valence-corrected chi connectivity index (χ2v) is 6.73. The van der Waals surface area contributed by atoms with Crippen molar-refractivity contribution in [1.29, 1.82) is 0 Å². The van der Waals surface area contributed by atoms with Crippen LogP contribution in [0, 0.1) is 5.92 Å². The summed E-state index contributed by atoms with van der Waals surface area (Å²) in [5.41, 5.74) is 1.77. The molecular formula is C19H26N2O3. The van der Waals surface area contributed by atoms with Crippen LogP contribution in [0.2, 0.25) is 0 Å². The van der Waals surface area contributed by atoms with E-state index < -0.39 is 0 Å². The standard InChI is InChI=1S/C19H26N2O3/c1-24-14-15-4-6-16(7-5-15)18(22)21-12-8-17(9-13-21)19(23)20-10-2-3-11-20/h4-7,17H,2-3,8-14H2,1H3. The normalized spacial score (nSPS) is 18.9. The van der Waals surface area contributed by atoms with Crippen LogP contribution >= 0.6 is 0 Å². The van der Waals surface area contributed by atoms with Crippen molar-refractivity contribution in [3.63, 3.8) is 0 Å². The molecule has 2 aliphatic rings. The number of hydrogen-bond acceptors (Lipinski definition) is 3. The van der Waals surface area contributed by atoms with E-state index >= 15 is 0 Å². The molecule has 5 heteroatoms. The number of rotatable bonds is 4. The van der Waals surface area contributed by atoms with Crippen molar-refractivity contribution in [3.8, 4) is 0 Å². The first-order chi connectivity index (χ1) is 11.7. The Morgan fingerprint density at radius 2 is 1.62 bits per heavy atom. The van der Waals surface area contributed by atoms with Gasteiger partial charge in [-0.3, -0.25) is 9.59 Å². The van der Waals surface area contributed by atoms with Crippen molar-refractivity contribution in [1.82, 2.24) is 9.80 Å². The lowest BCUT2D eigenvalue weighted by atomic mass is 9.95. The van der Waals surface area contributed by atoms with E-state index in [9.17, 15) is 9.59 Å². The first-order valence-corrected chi connectivity index (χ1v) is 8.85. The van der Waals surface area contributed by atoms with Crippen LogP contribution in [-0.4, -0.2) is 54.9 Å². The number of likely N-dealkylation sites (tertiary alicyclic amines) is 2. The van der Waals surface area contributed by atoms with Crippen molar-refractivity contribution >= 4 is 11.8 Å². The molecule has 1 aromatic rings. The zero-order valence-corrected chi connectivity index (χ0v) is 14.4. The minimum atomic E-state index is 0.0611. The Labute approximate surface area is 143 Å². The fourth-order valence-corrected chi connectivity index (χ4v) is 3.62. The van der Waals surface area contributed by atoms with Crippen LogP contribution in [-0.2, 0) is 16.1 Å². The zero-order valence-electron chi connectivity index (χ0n) is 14.4. The first-order valence-electron chi connectivity index (χ1n) is 8.85. The quantitative estimate of drug-likeness (QED) is 0.851. The van der Waals surface area contributed by atoms with E-state index in [0.717, 1.165) is 44.3 Å². The zero-order chi connectivity index (χ0) is 16.9. The van der Waals surface area contributed by atoms with Gasteiger partial charge in [-0.25, -0.2) is 0 Å². The molecule has 0 radical (unpaired) electrons. The third-order valence-corrected chi connectivity index (χ3v) is 5.06. The summed E-state index contributed by atoms with van der Waals surface area (Å²) in [7, 11) is 1.66. The van der Waals surface area contributed by atoms with Gasteiger partial charge in [-0.15, -0.1) is 0 Å². The smallest absolute Gasteiger partial charge is 0.253 e. The lowest BCUT2D eigenvalue weighted by Crippen LogP contribution is -2.43. The highest BCUT2D eigenvalue weighted by atomic mass is 16.5. The van der Waals surface area contributed by atoms with Gasteiger partial charge in [0, 0.05) is 44.8 Å². The fourth-order valence-electron chi connectivity index (χ4n) is 3.62. The highest BCUT2D eigenvalue weighted by Gasteiger charge is 2.31. The van der Waals surface area contributed by atoms with E-state index in [1.54, 1.807) is 7.11 Å². The van der Waals surface area contributed by atoms with E-state index in [-0.39, 0.29) is 11.8 Å². The number of methoxy groups -OCH3 is 1. The summed E-state index contributed by atoms with van der Waals surface area (Å²) in [4.78, 5) is 28.9. The van der Waals surface area contributed by atoms with Crippen molar-refractivity contribution in [3.05, 3.63) is 35.4 Å². The molecule has 0 spiro atoms. The molecule has 0 aliphatic carbocycles. The maximum absolute atomic E-state index is 12.6. The highest BCUT2D eigenvalue weighted by molar-refractivity contribution is 5.94. The average molecular weight is 330 g/mol. The molecule has 130 valence electrons. The maximum Gasteiger partial charge on any atom is 0.253 e. The molecule has 0 saturated carbocycles. The molecule has 1 aromatic carbocycles. The third kappa shape index (κ3) is 3.78. The predicted octanol–water partition coefficient (Wildman–Crippen LogP) is 2.31. The molecule has 0 atom stereocenters. The van der Waals surface area contributed by atoms with E-state index in [2.05, 4.69) is 0 Å². The summed E-state index contributed by atoms with van der Waals surface area (Å²) in [5.74, 6) is 0.450. The van der Waals surface area contributed by atoms with Gasteiger partial charge in [-0.05, 0) is 43.4 Å². The molecule has 2 fully saturated rings. The number of amides is 2. The Kier molecular flexibility index (Phi) is 5.51. The summed E-state index contributed by atoms with van der Waals surface area (Å²) in [5, 5.41) is 0. The van der Waals surface area contributed by atoms with E-state index in [0.29, 0.717) is 31.2 Å². The van der Waals surface area contributed by atoms with Crippen molar-refractivity contribution in [2.24, 2.45) is 5.92 Å². The minimum absolute atomic E-state index is 0.0611. The van der Waals surface area contributed by atoms with Crippen molar-refractivity contribution in [2.45, 2.75) is 32.3 Å². The van der Waals surface area contributed by atoms with Crippen LogP contribution < -0.4 is 0 Å². The number of ether oxygens (including phenoxy) is 1. The van der Waals surface area contributed by atoms with Gasteiger partial charge in [0.15, 0.2) is 0 Å². The van der Waals surface area contributed by atoms with Crippen molar-refractivity contribution in [2.75, 3.05) is 33.3 Å². The Balaban J connectivity index is 1.53. The SMILES string of the molecule is COCc1ccc(C(=O)N2CCC(C(=O)N3CCCC3)CC2)cc1. The van der Waals surface area contributed by atoms with E-state index in [4.69, 9.17) is 4.74 Å². The molecule has 0 bridgehead atoms. The predicted molar refractivity (Wildman–Crippen MR) is 91.6 cm³/mol. The molecule has 0 unspecified atom stereocenters. The number of nitrogens with zero attached hydrogens (tertiary/aromatic N) is 2. The first kappa shape index (κ1) is 17.0. The summed E-state index contributed by atoms with van der Waals surface area (Å²) in [6.45, 7) is 3.71. The molecule has 2 heterocycles. The minimum Gasteiger partial charge on any atom is -0.380 e. The lowest BCUT2D eigenvalue weighted by molar-refractivity contribution is -0.135. The Morgan fingerprint density at radius 1 is 1.00 bits per heavy atom. The van der Waals surface area contributed by atoms with E-state index in [1.807, 2.05) is 34.1 Å².